The number of hydrogen-bond acceptors (Lipinski definition) is 4. The summed E-state index contributed by atoms with van der Waals surface area (Å²) >= 11 is 0. The SMILES string of the molecule is CC(C(=O)O)(c1cccnc1)N1CCC(CN)C1. The maximum absolute atomic E-state index is 11.7. The van der Waals surface area contributed by atoms with E-state index in [9.17, 15) is 9.90 Å². The van der Waals surface area contributed by atoms with Crippen molar-refractivity contribution in [2.75, 3.05) is 19.6 Å². The Morgan fingerprint density at radius 1 is 1.72 bits per heavy atom. The fraction of sp³-hybridized carbons (Fsp3) is 0.538. The fourth-order valence-corrected chi connectivity index (χ4v) is 2.52. The topological polar surface area (TPSA) is 79.5 Å². The lowest BCUT2D eigenvalue weighted by Gasteiger charge is -2.35. The lowest BCUT2D eigenvalue weighted by atomic mass is 9.91. The molecule has 0 amide bonds. The Kier molecular flexibility index (Phi) is 3.63. The zero-order valence-corrected chi connectivity index (χ0v) is 10.5. The lowest BCUT2D eigenvalue weighted by Crippen LogP contribution is -2.49. The molecular formula is C13H19N3O2. The van der Waals surface area contributed by atoms with Gasteiger partial charge in [-0.05, 0) is 38.4 Å². The van der Waals surface area contributed by atoms with Crippen molar-refractivity contribution in [2.45, 2.75) is 18.9 Å². The molecule has 0 saturated carbocycles. The molecule has 0 bridgehead atoms. The molecule has 0 radical (unpaired) electrons. The van der Waals surface area contributed by atoms with Crippen LogP contribution in [0.4, 0.5) is 0 Å². The van der Waals surface area contributed by atoms with Crippen LogP contribution in [0.15, 0.2) is 24.5 Å². The maximum Gasteiger partial charge on any atom is 0.328 e. The molecule has 1 aliphatic rings. The summed E-state index contributed by atoms with van der Waals surface area (Å²) in [6, 6.07) is 3.59. The Labute approximate surface area is 107 Å². The third kappa shape index (κ3) is 2.11. The van der Waals surface area contributed by atoms with E-state index < -0.39 is 11.5 Å². The number of nitrogens with two attached hydrogens (primary N) is 1. The minimum Gasteiger partial charge on any atom is -0.480 e. The predicted molar refractivity (Wildman–Crippen MR) is 68.0 cm³/mol. The van der Waals surface area contributed by atoms with Crippen molar-refractivity contribution in [3.05, 3.63) is 30.1 Å². The van der Waals surface area contributed by atoms with Gasteiger partial charge in [0, 0.05) is 24.5 Å². The summed E-state index contributed by atoms with van der Waals surface area (Å²) in [6.07, 6.45) is 4.24. The average Bonchev–Trinajstić information content (AvgIpc) is 2.87. The highest BCUT2D eigenvalue weighted by atomic mass is 16.4. The first-order valence-electron chi connectivity index (χ1n) is 6.18. The molecule has 1 aromatic heterocycles. The van der Waals surface area contributed by atoms with Gasteiger partial charge >= 0.3 is 5.97 Å². The first kappa shape index (κ1) is 13.0. The second kappa shape index (κ2) is 5.04. The lowest BCUT2D eigenvalue weighted by molar-refractivity contribution is -0.150. The molecule has 5 nitrogen and oxygen atoms in total. The van der Waals surface area contributed by atoms with Crippen molar-refractivity contribution < 1.29 is 9.90 Å². The van der Waals surface area contributed by atoms with Gasteiger partial charge in [-0.1, -0.05) is 6.07 Å². The Balaban J connectivity index is 2.31. The number of hydrogen-bond donors (Lipinski definition) is 2. The van der Waals surface area contributed by atoms with Gasteiger partial charge < -0.3 is 10.8 Å². The van der Waals surface area contributed by atoms with E-state index in [1.54, 1.807) is 25.4 Å². The van der Waals surface area contributed by atoms with Gasteiger partial charge in [0.1, 0.15) is 5.54 Å². The number of carbonyl (C=O) groups is 1. The molecule has 1 aliphatic heterocycles. The van der Waals surface area contributed by atoms with Gasteiger partial charge in [-0.3, -0.25) is 9.88 Å². The molecule has 0 aliphatic carbocycles. The van der Waals surface area contributed by atoms with Crippen LogP contribution in [0.5, 0.6) is 0 Å². The van der Waals surface area contributed by atoms with Crippen molar-refractivity contribution in [2.24, 2.45) is 11.7 Å². The molecule has 18 heavy (non-hydrogen) atoms. The minimum atomic E-state index is -1.02. The van der Waals surface area contributed by atoms with Crippen LogP contribution in [0.3, 0.4) is 0 Å². The van der Waals surface area contributed by atoms with E-state index in [0.717, 1.165) is 25.1 Å². The molecule has 0 spiro atoms. The average molecular weight is 249 g/mol. The summed E-state index contributed by atoms with van der Waals surface area (Å²) < 4.78 is 0. The van der Waals surface area contributed by atoms with Crippen molar-refractivity contribution in [1.29, 1.82) is 0 Å². The molecule has 5 heteroatoms. The summed E-state index contributed by atoms with van der Waals surface area (Å²) in [7, 11) is 0. The van der Waals surface area contributed by atoms with Gasteiger partial charge in [-0.2, -0.15) is 0 Å². The third-order valence-corrected chi connectivity index (χ3v) is 3.89. The zero-order valence-electron chi connectivity index (χ0n) is 10.5. The molecule has 1 fully saturated rings. The second-order valence-corrected chi connectivity index (χ2v) is 4.96. The zero-order chi connectivity index (χ0) is 13.2. The first-order chi connectivity index (χ1) is 8.59. The van der Waals surface area contributed by atoms with Crippen LogP contribution in [0.25, 0.3) is 0 Å². The van der Waals surface area contributed by atoms with Gasteiger partial charge in [0.15, 0.2) is 0 Å². The van der Waals surface area contributed by atoms with Gasteiger partial charge in [-0.15, -0.1) is 0 Å². The van der Waals surface area contributed by atoms with E-state index in [4.69, 9.17) is 5.73 Å². The number of carboxylic acids is 1. The molecule has 2 atom stereocenters. The number of aliphatic carboxylic acids is 1. The highest BCUT2D eigenvalue weighted by molar-refractivity contribution is 5.80. The third-order valence-electron chi connectivity index (χ3n) is 3.89. The molecule has 1 saturated heterocycles. The maximum atomic E-state index is 11.7. The molecular weight excluding hydrogens is 230 g/mol. The monoisotopic (exact) mass is 249 g/mol. The van der Waals surface area contributed by atoms with Crippen LogP contribution in [-0.2, 0) is 10.3 Å². The summed E-state index contributed by atoms with van der Waals surface area (Å²) in [5.41, 5.74) is 5.37. The second-order valence-electron chi connectivity index (χ2n) is 4.96. The minimum absolute atomic E-state index is 0.389. The fourth-order valence-electron chi connectivity index (χ4n) is 2.52. The van der Waals surface area contributed by atoms with Crippen molar-refractivity contribution in [3.63, 3.8) is 0 Å². The number of nitrogens with zero attached hydrogens (tertiary/aromatic N) is 2. The molecule has 0 aromatic carbocycles. The van der Waals surface area contributed by atoms with Gasteiger partial charge in [0.25, 0.3) is 0 Å². The molecule has 2 heterocycles. The van der Waals surface area contributed by atoms with Gasteiger partial charge in [0.05, 0.1) is 0 Å². The van der Waals surface area contributed by atoms with E-state index in [-0.39, 0.29) is 0 Å². The van der Waals surface area contributed by atoms with E-state index >= 15 is 0 Å². The summed E-state index contributed by atoms with van der Waals surface area (Å²) in [6.45, 7) is 3.85. The Morgan fingerprint density at radius 2 is 2.50 bits per heavy atom. The molecule has 98 valence electrons. The van der Waals surface area contributed by atoms with Crippen LogP contribution in [0, 0.1) is 5.92 Å². The number of pyridine rings is 1. The van der Waals surface area contributed by atoms with E-state index in [1.807, 2.05) is 11.0 Å². The largest absolute Gasteiger partial charge is 0.480 e. The summed E-state index contributed by atoms with van der Waals surface area (Å²) in [4.78, 5) is 17.7. The highest BCUT2D eigenvalue weighted by Crippen LogP contribution is 2.33. The van der Waals surface area contributed by atoms with Crippen LogP contribution < -0.4 is 5.73 Å². The van der Waals surface area contributed by atoms with Crippen molar-refractivity contribution >= 4 is 5.97 Å². The van der Waals surface area contributed by atoms with Crippen LogP contribution in [0.1, 0.15) is 18.9 Å². The first-order valence-corrected chi connectivity index (χ1v) is 6.18. The van der Waals surface area contributed by atoms with Crippen LogP contribution in [0.2, 0.25) is 0 Å². The Hall–Kier alpha value is -1.46. The van der Waals surface area contributed by atoms with Gasteiger partial charge in [-0.25, -0.2) is 4.79 Å². The van der Waals surface area contributed by atoms with Crippen LogP contribution >= 0.6 is 0 Å². The normalized spacial score (nSPS) is 23.8. The standard InChI is InChI=1S/C13H19N3O2/c1-13(12(17)18,11-3-2-5-15-8-11)16-6-4-10(7-14)9-16/h2-3,5,8,10H,4,6-7,9,14H2,1H3,(H,17,18). The number of carboxylic acid groups (broad SMARTS) is 1. The number of likely N-dealkylation sites (tertiary alicyclic amines) is 1. The molecule has 1 aromatic rings. The van der Waals surface area contributed by atoms with Crippen molar-refractivity contribution in [1.82, 2.24) is 9.88 Å². The summed E-state index contributed by atoms with van der Waals surface area (Å²) in [5.74, 6) is -0.450. The Morgan fingerprint density at radius 3 is 3.00 bits per heavy atom. The van der Waals surface area contributed by atoms with E-state index in [1.165, 1.54) is 0 Å². The van der Waals surface area contributed by atoms with Gasteiger partial charge in [0.2, 0.25) is 0 Å². The van der Waals surface area contributed by atoms with Crippen molar-refractivity contribution in [3.8, 4) is 0 Å². The van der Waals surface area contributed by atoms with E-state index in [0.29, 0.717) is 12.5 Å². The molecule has 3 N–H and O–H groups in total. The number of rotatable bonds is 4. The quantitative estimate of drug-likeness (QED) is 0.819. The van der Waals surface area contributed by atoms with Crippen LogP contribution in [-0.4, -0.2) is 40.6 Å². The Bertz CT molecular complexity index is 424. The highest BCUT2D eigenvalue weighted by Gasteiger charge is 2.44. The number of aromatic nitrogens is 1. The van der Waals surface area contributed by atoms with E-state index in [2.05, 4.69) is 4.98 Å². The molecule has 2 rings (SSSR count). The predicted octanol–water partition coefficient (Wildman–Crippen LogP) is 0.662. The molecule has 2 unspecified atom stereocenters. The smallest absolute Gasteiger partial charge is 0.328 e. The summed E-state index contributed by atoms with van der Waals surface area (Å²) in [5, 5.41) is 9.60.